The average molecular weight is 579 g/mol. The maximum Gasteiger partial charge on any atom is 0.135 e. The molecule has 4 fully saturated rings. The van der Waals surface area contributed by atoms with Gasteiger partial charge in [-0.15, -0.1) is 0 Å². The monoisotopic (exact) mass is 578 g/mol. The van der Waals surface area contributed by atoms with E-state index in [0.29, 0.717) is 0 Å². The minimum absolute atomic E-state index is 0.186. The van der Waals surface area contributed by atoms with E-state index >= 15 is 0 Å². The van der Waals surface area contributed by atoms with Crippen molar-refractivity contribution in [2.24, 2.45) is 23.7 Å². The fourth-order valence-electron chi connectivity index (χ4n) is 11.0. The van der Waals surface area contributed by atoms with Gasteiger partial charge in [0.1, 0.15) is 11.5 Å². The number of hydrogen-bond donors (Lipinski definition) is 0. The summed E-state index contributed by atoms with van der Waals surface area (Å²) in [5, 5.41) is 2.45. The van der Waals surface area contributed by atoms with Gasteiger partial charge in [0.25, 0.3) is 0 Å². The summed E-state index contributed by atoms with van der Waals surface area (Å²) in [6, 6.07) is 45.5. The maximum atomic E-state index is 6.60. The molecule has 5 aliphatic carbocycles. The summed E-state index contributed by atoms with van der Waals surface area (Å²) in [7, 11) is 0. The van der Waals surface area contributed by atoms with Crippen LogP contribution in [0.3, 0.4) is 0 Å². The Labute approximate surface area is 264 Å². The van der Waals surface area contributed by atoms with Crippen molar-refractivity contribution in [2.75, 3.05) is 0 Å². The Morgan fingerprint density at radius 1 is 0.444 bits per heavy atom. The molecule has 6 aliphatic rings. The van der Waals surface area contributed by atoms with E-state index in [9.17, 15) is 0 Å². The molecule has 1 spiro atoms. The maximum absolute atomic E-state index is 6.60. The molecule has 0 amide bonds. The lowest BCUT2D eigenvalue weighted by atomic mass is 9.43. The molecule has 4 bridgehead atoms. The molecule has 1 aliphatic heterocycles. The lowest BCUT2D eigenvalue weighted by Gasteiger charge is -2.61. The van der Waals surface area contributed by atoms with Gasteiger partial charge >= 0.3 is 0 Å². The largest absolute Gasteiger partial charge is 0.456 e. The lowest BCUT2D eigenvalue weighted by molar-refractivity contribution is -0.0399. The van der Waals surface area contributed by atoms with Crippen molar-refractivity contribution in [3.8, 4) is 56.0 Å². The highest BCUT2D eigenvalue weighted by Gasteiger charge is 2.61. The SMILES string of the molecule is c1ccc(-c2ccc3c4c(cccc24)-c2cc(-c4ccc5c(c4)C4(c6ccccc6-5)C5CC6CC(C5)CC4C6)ccc2O3)cc1. The summed E-state index contributed by atoms with van der Waals surface area (Å²) in [6.45, 7) is 0. The van der Waals surface area contributed by atoms with Gasteiger partial charge in [-0.2, -0.15) is 0 Å². The zero-order valence-electron chi connectivity index (χ0n) is 25.3. The standard InChI is InChI=1S/C44H34O/c1-2-7-28(8-3-1)33-16-18-42-43-36(33)10-6-11-37(43)38-24-29(14-17-41(38)45-42)30-13-15-35-34-9-4-5-12-39(34)44(40(35)25-30)31-20-26-19-27(22-31)23-32(44)21-26/h1-18,24-27,31-32H,19-23H2. The molecule has 0 N–H and O–H groups in total. The molecule has 0 atom stereocenters. The molecule has 1 nitrogen and oxygen atoms in total. The summed E-state index contributed by atoms with van der Waals surface area (Å²) in [6.07, 6.45) is 7.13. The first-order valence-corrected chi connectivity index (χ1v) is 16.9. The van der Waals surface area contributed by atoms with Crippen LogP contribution in [0.5, 0.6) is 11.5 Å². The molecular formula is C44H34O. The molecule has 4 saturated carbocycles. The third-order valence-corrected chi connectivity index (χ3v) is 12.5. The molecule has 0 unspecified atom stereocenters. The van der Waals surface area contributed by atoms with E-state index in [4.69, 9.17) is 4.74 Å². The third-order valence-electron chi connectivity index (χ3n) is 12.5. The third kappa shape index (κ3) is 3.19. The Balaban J connectivity index is 1.08. The molecular weight excluding hydrogens is 544 g/mol. The highest BCUT2D eigenvalue weighted by molar-refractivity contribution is 6.10. The summed E-state index contributed by atoms with van der Waals surface area (Å²) >= 11 is 0. The van der Waals surface area contributed by atoms with Crippen molar-refractivity contribution < 1.29 is 4.74 Å². The fraction of sp³-hybridized carbons (Fsp3) is 0.227. The van der Waals surface area contributed by atoms with E-state index in [1.54, 1.807) is 11.1 Å². The first-order chi connectivity index (χ1) is 22.3. The van der Waals surface area contributed by atoms with Crippen molar-refractivity contribution in [3.05, 3.63) is 132 Å². The van der Waals surface area contributed by atoms with Crippen LogP contribution in [-0.2, 0) is 5.41 Å². The van der Waals surface area contributed by atoms with Crippen LogP contribution in [0.15, 0.2) is 121 Å². The van der Waals surface area contributed by atoms with Crippen LogP contribution in [0.25, 0.3) is 55.3 Å². The molecule has 6 aromatic rings. The smallest absolute Gasteiger partial charge is 0.135 e. The van der Waals surface area contributed by atoms with Crippen LogP contribution < -0.4 is 4.74 Å². The van der Waals surface area contributed by atoms with Gasteiger partial charge < -0.3 is 4.74 Å². The lowest BCUT2D eigenvalue weighted by Crippen LogP contribution is -2.55. The molecule has 0 radical (unpaired) electrons. The predicted molar refractivity (Wildman–Crippen MR) is 184 cm³/mol. The molecule has 1 heteroatoms. The van der Waals surface area contributed by atoms with Crippen LogP contribution in [0.2, 0.25) is 0 Å². The van der Waals surface area contributed by atoms with Gasteiger partial charge in [0, 0.05) is 16.4 Å². The minimum atomic E-state index is 0.186. The van der Waals surface area contributed by atoms with Crippen molar-refractivity contribution in [1.82, 2.24) is 0 Å². The number of ether oxygens (including phenoxy) is 1. The van der Waals surface area contributed by atoms with Crippen LogP contribution in [0, 0.1) is 23.7 Å². The predicted octanol–water partition coefficient (Wildman–Crippen LogP) is 11.7. The van der Waals surface area contributed by atoms with E-state index in [1.165, 1.54) is 87.4 Å². The van der Waals surface area contributed by atoms with E-state index in [-0.39, 0.29) is 5.41 Å². The number of hydrogen-bond acceptors (Lipinski definition) is 1. The number of benzene rings is 6. The van der Waals surface area contributed by atoms with Crippen molar-refractivity contribution in [3.63, 3.8) is 0 Å². The van der Waals surface area contributed by atoms with E-state index in [2.05, 4.69) is 121 Å². The Bertz CT molecular complexity index is 2180. The number of fused-ring (bicyclic) bond motifs is 5. The molecule has 6 aromatic carbocycles. The second kappa shape index (κ2) is 8.76. The quantitative estimate of drug-likeness (QED) is 0.198. The molecule has 216 valence electrons. The topological polar surface area (TPSA) is 9.23 Å². The fourth-order valence-corrected chi connectivity index (χ4v) is 11.0. The van der Waals surface area contributed by atoms with Crippen LogP contribution in [0.4, 0.5) is 0 Å². The summed E-state index contributed by atoms with van der Waals surface area (Å²) in [5.74, 6) is 5.33. The highest BCUT2D eigenvalue weighted by atomic mass is 16.5. The van der Waals surface area contributed by atoms with Crippen molar-refractivity contribution >= 4 is 10.8 Å². The summed E-state index contributed by atoms with van der Waals surface area (Å²) < 4.78 is 6.60. The van der Waals surface area contributed by atoms with E-state index < -0.39 is 0 Å². The van der Waals surface area contributed by atoms with E-state index in [1.807, 2.05) is 0 Å². The zero-order valence-corrected chi connectivity index (χ0v) is 25.3. The average Bonchev–Trinajstić information content (AvgIpc) is 3.37. The Hall–Kier alpha value is -4.62. The van der Waals surface area contributed by atoms with Crippen LogP contribution in [0.1, 0.15) is 43.2 Å². The van der Waals surface area contributed by atoms with Gasteiger partial charge in [0.15, 0.2) is 0 Å². The molecule has 0 saturated heterocycles. The van der Waals surface area contributed by atoms with Gasteiger partial charge in [0.05, 0.1) is 0 Å². The van der Waals surface area contributed by atoms with E-state index in [0.717, 1.165) is 35.2 Å². The van der Waals surface area contributed by atoms with Gasteiger partial charge in [0.2, 0.25) is 0 Å². The second-order valence-corrected chi connectivity index (χ2v) is 14.5. The highest BCUT2D eigenvalue weighted by Crippen LogP contribution is 2.69. The van der Waals surface area contributed by atoms with Gasteiger partial charge in [-0.3, -0.25) is 0 Å². The van der Waals surface area contributed by atoms with Crippen LogP contribution in [-0.4, -0.2) is 0 Å². The van der Waals surface area contributed by atoms with Crippen LogP contribution >= 0.6 is 0 Å². The summed E-state index contributed by atoms with van der Waals surface area (Å²) in [4.78, 5) is 0. The zero-order chi connectivity index (χ0) is 29.3. The summed E-state index contributed by atoms with van der Waals surface area (Å²) in [5.41, 5.74) is 13.9. The normalized spacial score (nSPS) is 26.0. The minimum Gasteiger partial charge on any atom is -0.456 e. The molecule has 12 rings (SSSR count). The molecule has 1 heterocycles. The van der Waals surface area contributed by atoms with Gasteiger partial charge in [-0.1, -0.05) is 97.1 Å². The van der Waals surface area contributed by atoms with Gasteiger partial charge in [-0.25, -0.2) is 0 Å². The second-order valence-electron chi connectivity index (χ2n) is 14.5. The van der Waals surface area contributed by atoms with Gasteiger partial charge in [-0.05, 0) is 135 Å². The molecule has 0 aromatic heterocycles. The van der Waals surface area contributed by atoms with Crippen molar-refractivity contribution in [2.45, 2.75) is 37.5 Å². The first kappa shape index (κ1) is 24.7. The first-order valence-electron chi connectivity index (χ1n) is 16.9. The number of rotatable bonds is 2. The Morgan fingerprint density at radius 3 is 1.96 bits per heavy atom. The van der Waals surface area contributed by atoms with Crippen molar-refractivity contribution in [1.29, 1.82) is 0 Å². The molecule has 45 heavy (non-hydrogen) atoms. The Morgan fingerprint density at radius 2 is 1.11 bits per heavy atom. The Kier molecular flexibility index (Phi) is 4.80.